The Labute approximate surface area is 170 Å². The Balaban J connectivity index is 1.60. The Bertz CT molecular complexity index is 1050. The van der Waals surface area contributed by atoms with E-state index in [-0.39, 0.29) is 12.3 Å². The predicted molar refractivity (Wildman–Crippen MR) is 111 cm³/mol. The summed E-state index contributed by atoms with van der Waals surface area (Å²) in [5, 5.41) is 2.14. The highest BCUT2D eigenvalue weighted by atomic mass is 16.5. The van der Waals surface area contributed by atoms with E-state index in [4.69, 9.17) is 14.2 Å². The third-order valence-electron chi connectivity index (χ3n) is 5.39. The SMILES string of the molecule is COc1ccc(C2Oc3c(OC)cccc3C3C=C(c4ccccc4)NN32)cc1. The van der Waals surface area contributed by atoms with E-state index in [9.17, 15) is 0 Å². The molecule has 3 aromatic rings. The van der Waals surface area contributed by atoms with Crippen molar-refractivity contribution in [3.8, 4) is 17.2 Å². The lowest BCUT2D eigenvalue weighted by atomic mass is 10.00. The fourth-order valence-corrected chi connectivity index (χ4v) is 3.92. The number of hydrogen-bond acceptors (Lipinski definition) is 5. The lowest BCUT2D eigenvalue weighted by molar-refractivity contribution is -0.0343. The van der Waals surface area contributed by atoms with Crippen LogP contribution in [-0.4, -0.2) is 19.2 Å². The average molecular weight is 386 g/mol. The van der Waals surface area contributed by atoms with Crippen molar-refractivity contribution in [2.24, 2.45) is 0 Å². The first kappa shape index (κ1) is 17.6. The Hall–Kier alpha value is -3.44. The van der Waals surface area contributed by atoms with Crippen LogP contribution in [0.1, 0.15) is 29.0 Å². The van der Waals surface area contributed by atoms with Crippen LogP contribution in [0.4, 0.5) is 0 Å². The van der Waals surface area contributed by atoms with Crippen LogP contribution in [0.25, 0.3) is 5.70 Å². The van der Waals surface area contributed by atoms with E-state index < -0.39 is 0 Å². The van der Waals surface area contributed by atoms with Gasteiger partial charge in [-0.1, -0.05) is 54.6 Å². The molecule has 0 aromatic heterocycles. The van der Waals surface area contributed by atoms with Gasteiger partial charge in [-0.25, -0.2) is 0 Å². The number of ether oxygens (including phenoxy) is 3. The van der Waals surface area contributed by atoms with Gasteiger partial charge in [0.15, 0.2) is 17.7 Å². The molecule has 2 aliphatic heterocycles. The molecule has 146 valence electrons. The molecular formula is C24H22N2O3. The molecule has 2 heterocycles. The van der Waals surface area contributed by atoms with Crippen molar-refractivity contribution in [3.05, 3.63) is 95.6 Å². The van der Waals surface area contributed by atoms with Crippen molar-refractivity contribution >= 4 is 5.70 Å². The molecular weight excluding hydrogens is 364 g/mol. The quantitative estimate of drug-likeness (QED) is 0.704. The molecule has 0 amide bonds. The van der Waals surface area contributed by atoms with Crippen LogP contribution in [0.3, 0.4) is 0 Å². The van der Waals surface area contributed by atoms with Gasteiger partial charge in [0.25, 0.3) is 0 Å². The molecule has 5 nitrogen and oxygen atoms in total. The van der Waals surface area contributed by atoms with Crippen molar-refractivity contribution in [1.82, 2.24) is 10.4 Å². The normalized spacial score (nSPS) is 20.0. The van der Waals surface area contributed by atoms with Gasteiger partial charge in [-0.3, -0.25) is 0 Å². The van der Waals surface area contributed by atoms with Crippen molar-refractivity contribution in [3.63, 3.8) is 0 Å². The Morgan fingerprint density at radius 2 is 1.66 bits per heavy atom. The molecule has 0 saturated carbocycles. The van der Waals surface area contributed by atoms with E-state index in [2.05, 4.69) is 34.7 Å². The van der Waals surface area contributed by atoms with Crippen molar-refractivity contribution in [1.29, 1.82) is 0 Å². The third kappa shape index (κ3) is 3.00. The standard InChI is InChI=1S/C24H22N2O3/c1-27-18-13-11-17(12-14-18)24-26-21(15-20(25-26)16-7-4-3-5-8-16)19-9-6-10-22(28-2)23(19)29-24/h3-15,21,24-25H,1-2H3. The minimum atomic E-state index is -0.313. The van der Waals surface area contributed by atoms with Gasteiger partial charge >= 0.3 is 0 Å². The Morgan fingerprint density at radius 1 is 0.862 bits per heavy atom. The molecule has 0 spiro atoms. The molecule has 0 aliphatic carbocycles. The fraction of sp³-hybridized carbons (Fsp3) is 0.167. The molecule has 1 N–H and O–H groups in total. The summed E-state index contributed by atoms with van der Waals surface area (Å²) < 4.78 is 17.4. The molecule has 2 aliphatic rings. The van der Waals surface area contributed by atoms with Gasteiger partial charge in [-0.2, -0.15) is 5.01 Å². The van der Waals surface area contributed by atoms with Crippen LogP contribution in [0.15, 0.2) is 78.9 Å². The van der Waals surface area contributed by atoms with Crippen LogP contribution in [0, 0.1) is 0 Å². The highest BCUT2D eigenvalue weighted by Gasteiger charge is 2.41. The number of rotatable bonds is 4. The zero-order chi connectivity index (χ0) is 19.8. The van der Waals surface area contributed by atoms with Gasteiger partial charge in [0.05, 0.1) is 26.0 Å². The minimum absolute atomic E-state index is 0.0242. The Morgan fingerprint density at radius 3 is 2.38 bits per heavy atom. The first-order chi connectivity index (χ1) is 14.3. The van der Waals surface area contributed by atoms with Crippen molar-refractivity contribution < 1.29 is 14.2 Å². The highest BCUT2D eigenvalue weighted by molar-refractivity contribution is 5.68. The van der Waals surface area contributed by atoms with Gasteiger partial charge < -0.3 is 19.6 Å². The van der Waals surface area contributed by atoms with Gasteiger partial charge in [-0.05, 0) is 29.8 Å². The first-order valence-corrected chi connectivity index (χ1v) is 9.58. The molecule has 2 atom stereocenters. The molecule has 5 heteroatoms. The van der Waals surface area contributed by atoms with Gasteiger partial charge in [0, 0.05) is 11.1 Å². The van der Waals surface area contributed by atoms with Gasteiger partial charge in [-0.15, -0.1) is 0 Å². The van der Waals surface area contributed by atoms with Gasteiger partial charge in [0.2, 0.25) is 0 Å². The molecule has 0 radical (unpaired) electrons. The number of hydrogen-bond donors (Lipinski definition) is 1. The summed E-state index contributed by atoms with van der Waals surface area (Å²) in [4.78, 5) is 0. The summed E-state index contributed by atoms with van der Waals surface area (Å²) in [6, 6.07) is 24.3. The molecule has 0 fully saturated rings. The Kier molecular flexibility index (Phi) is 4.37. The largest absolute Gasteiger partial charge is 0.497 e. The van der Waals surface area contributed by atoms with E-state index in [1.54, 1.807) is 14.2 Å². The van der Waals surface area contributed by atoms with Crippen molar-refractivity contribution in [2.75, 3.05) is 14.2 Å². The number of nitrogens with one attached hydrogen (secondary N) is 1. The second kappa shape index (κ2) is 7.18. The lowest BCUT2D eigenvalue weighted by Crippen LogP contribution is -2.43. The smallest absolute Gasteiger partial charge is 0.196 e. The first-order valence-electron chi connectivity index (χ1n) is 9.58. The van der Waals surface area contributed by atoms with E-state index in [1.165, 1.54) is 0 Å². The van der Waals surface area contributed by atoms with Crippen LogP contribution in [0.5, 0.6) is 17.2 Å². The summed E-state index contributed by atoms with van der Waals surface area (Å²) in [6.45, 7) is 0. The average Bonchev–Trinajstić information content (AvgIpc) is 3.24. The maximum absolute atomic E-state index is 6.48. The van der Waals surface area contributed by atoms with E-state index in [0.717, 1.165) is 39.6 Å². The summed E-state index contributed by atoms with van der Waals surface area (Å²) in [6.07, 6.45) is 1.93. The highest BCUT2D eigenvalue weighted by Crippen LogP contribution is 2.49. The van der Waals surface area contributed by atoms with E-state index in [0.29, 0.717) is 0 Å². The predicted octanol–water partition coefficient (Wildman–Crippen LogP) is 4.70. The zero-order valence-electron chi connectivity index (χ0n) is 16.3. The number of nitrogens with zero attached hydrogens (tertiary/aromatic N) is 1. The maximum atomic E-state index is 6.48. The molecule has 0 bridgehead atoms. The minimum Gasteiger partial charge on any atom is -0.497 e. The van der Waals surface area contributed by atoms with E-state index in [1.807, 2.05) is 54.6 Å². The molecule has 5 rings (SSSR count). The molecule has 29 heavy (non-hydrogen) atoms. The molecule has 0 saturated heterocycles. The number of para-hydroxylation sites is 1. The third-order valence-corrected chi connectivity index (χ3v) is 5.39. The number of methoxy groups -OCH3 is 2. The summed E-state index contributed by atoms with van der Waals surface area (Å²) in [7, 11) is 3.34. The number of benzene rings is 3. The van der Waals surface area contributed by atoms with Crippen LogP contribution >= 0.6 is 0 Å². The van der Waals surface area contributed by atoms with Gasteiger partial charge in [0.1, 0.15) is 5.75 Å². The lowest BCUT2D eigenvalue weighted by Gasteiger charge is -2.39. The fourth-order valence-electron chi connectivity index (χ4n) is 3.92. The molecule has 2 unspecified atom stereocenters. The topological polar surface area (TPSA) is 43.0 Å². The monoisotopic (exact) mass is 386 g/mol. The second-order valence-electron chi connectivity index (χ2n) is 7.03. The summed E-state index contributed by atoms with van der Waals surface area (Å²) >= 11 is 0. The van der Waals surface area contributed by atoms with Crippen LogP contribution in [-0.2, 0) is 0 Å². The summed E-state index contributed by atoms with van der Waals surface area (Å²) in [5.41, 5.74) is 7.87. The molecule has 3 aromatic carbocycles. The summed E-state index contributed by atoms with van der Waals surface area (Å²) in [5.74, 6) is 2.34. The van der Waals surface area contributed by atoms with Crippen LogP contribution in [0.2, 0.25) is 0 Å². The second-order valence-corrected chi connectivity index (χ2v) is 7.03. The van der Waals surface area contributed by atoms with Crippen molar-refractivity contribution in [2.45, 2.75) is 12.3 Å². The number of hydrazine groups is 1. The van der Waals surface area contributed by atoms with E-state index >= 15 is 0 Å². The zero-order valence-corrected chi connectivity index (χ0v) is 16.3. The maximum Gasteiger partial charge on any atom is 0.196 e. The van der Waals surface area contributed by atoms with Crippen LogP contribution < -0.4 is 19.6 Å². The number of fused-ring (bicyclic) bond motifs is 3.